The molecule has 3 aromatic rings. The zero-order chi connectivity index (χ0) is 20.1. The molecule has 1 unspecified atom stereocenters. The Kier molecular flexibility index (Phi) is 7.15. The number of hydrogen-bond acceptors (Lipinski definition) is 5. The minimum atomic E-state index is -0.330. The van der Waals surface area contributed by atoms with E-state index in [2.05, 4.69) is 26.1 Å². The van der Waals surface area contributed by atoms with Gasteiger partial charge in [0.05, 0.1) is 10.8 Å². The average molecular weight is 481 g/mol. The van der Waals surface area contributed by atoms with E-state index in [0.29, 0.717) is 39.6 Å². The minimum absolute atomic E-state index is 0.0464. The molecule has 0 radical (unpaired) electrons. The summed E-state index contributed by atoms with van der Waals surface area (Å²) < 4.78 is 8.86. The van der Waals surface area contributed by atoms with Crippen molar-refractivity contribution in [2.75, 3.05) is 5.75 Å². The van der Waals surface area contributed by atoms with Gasteiger partial charge in [0.15, 0.2) is 22.9 Å². The number of hydrogen-bond donors (Lipinski definition) is 0. The maximum absolute atomic E-state index is 12.4. The highest BCUT2D eigenvalue weighted by Gasteiger charge is 2.20. The Morgan fingerprint density at radius 3 is 2.61 bits per heavy atom. The van der Waals surface area contributed by atoms with E-state index in [1.54, 1.807) is 6.07 Å². The summed E-state index contributed by atoms with van der Waals surface area (Å²) >= 11 is 10.9. The summed E-state index contributed by atoms with van der Waals surface area (Å²) in [6.07, 6.45) is -0.330. The van der Waals surface area contributed by atoms with Crippen LogP contribution in [0.5, 0.6) is 5.75 Å². The van der Waals surface area contributed by atoms with Crippen molar-refractivity contribution in [1.82, 2.24) is 14.8 Å². The first kappa shape index (κ1) is 20.9. The molecule has 28 heavy (non-hydrogen) atoms. The van der Waals surface area contributed by atoms with Crippen LogP contribution in [0.3, 0.4) is 0 Å². The number of nitrogens with zero attached hydrogens (tertiary/aromatic N) is 3. The van der Waals surface area contributed by atoms with Gasteiger partial charge < -0.3 is 9.30 Å². The normalized spacial score (nSPS) is 12.0. The first-order valence-corrected chi connectivity index (χ1v) is 10.9. The summed E-state index contributed by atoms with van der Waals surface area (Å²) in [4.78, 5) is 12.4. The third kappa shape index (κ3) is 4.96. The van der Waals surface area contributed by atoms with E-state index in [4.69, 9.17) is 16.3 Å². The van der Waals surface area contributed by atoms with E-state index in [0.717, 1.165) is 4.47 Å². The lowest BCUT2D eigenvalue weighted by Crippen LogP contribution is -2.12. The summed E-state index contributed by atoms with van der Waals surface area (Å²) in [7, 11) is 0. The smallest absolute Gasteiger partial charge is 0.191 e. The van der Waals surface area contributed by atoms with E-state index in [1.165, 1.54) is 11.8 Å². The summed E-state index contributed by atoms with van der Waals surface area (Å²) in [6, 6.07) is 14.7. The molecule has 5 nitrogen and oxygen atoms in total. The van der Waals surface area contributed by atoms with Crippen molar-refractivity contribution in [1.29, 1.82) is 0 Å². The van der Waals surface area contributed by atoms with E-state index in [9.17, 15) is 4.79 Å². The highest BCUT2D eigenvalue weighted by molar-refractivity contribution is 9.10. The van der Waals surface area contributed by atoms with Gasteiger partial charge in [0.1, 0.15) is 5.75 Å². The van der Waals surface area contributed by atoms with Gasteiger partial charge in [0, 0.05) is 16.6 Å². The highest BCUT2D eigenvalue weighted by atomic mass is 79.9. The van der Waals surface area contributed by atoms with Gasteiger partial charge in [-0.2, -0.15) is 0 Å². The predicted molar refractivity (Wildman–Crippen MR) is 115 cm³/mol. The lowest BCUT2D eigenvalue weighted by Gasteiger charge is -2.16. The monoisotopic (exact) mass is 479 g/mol. The molecule has 8 heteroatoms. The van der Waals surface area contributed by atoms with Crippen LogP contribution >= 0.6 is 39.3 Å². The zero-order valence-corrected chi connectivity index (χ0v) is 18.6. The molecule has 0 aliphatic rings. The van der Waals surface area contributed by atoms with Crippen LogP contribution < -0.4 is 4.74 Å². The maximum Gasteiger partial charge on any atom is 0.191 e. The number of ether oxygens (including phenoxy) is 1. The standard InChI is InChI=1S/C20H19BrClN3O2S/c1-3-25-19(13(2)27-18-7-5-4-6-16(18)22)23-24-20(25)28-12-17(26)14-8-10-15(21)11-9-14/h4-11,13H,3,12H2,1-2H3. The molecule has 1 aromatic heterocycles. The Bertz CT molecular complexity index is 962. The fourth-order valence-electron chi connectivity index (χ4n) is 2.64. The number of aromatic nitrogens is 3. The topological polar surface area (TPSA) is 57.0 Å². The third-order valence-corrected chi connectivity index (χ3v) is 5.87. The lowest BCUT2D eigenvalue weighted by molar-refractivity contribution is 0.102. The number of rotatable bonds is 8. The molecule has 0 fully saturated rings. The van der Waals surface area contributed by atoms with E-state index in [-0.39, 0.29) is 11.9 Å². The maximum atomic E-state index is 12.4. The van der Waals surface area contributed by atoms with Crippen molar-refractivity contribution in [3.8, 4) is 5.75 Å². The molecule has 0 aliphatic carbocycles. The van der Waals surface area contributed by atoms with Gasteiger partial charge >= 0.3 is 0 Å². The van der Waals surface area contributed by atoms with Gasteiger partial charge in [-0.15, -0.1) is 10.2 Å². The second-order valence-electron chi connectivity index (χ2n) is 5.99. The number of Topliss-reactive ketones (excluding diaryl/α,β-unsaturated/α-hetero) is 1. The van der Waals surface area contributed by atoms with Gasteiger partial charge in [-0.1, -0.05) is 63.6 Å². The number of benzene rings is 2. The molecule has 0 N–H and O–H groups in total. The van der Waals surface area contributed by atoms with Crippen molar-refractivity contribution in [3.05, 3.63) is 69.4 Å². The number of para-hydroxylation sites is 1. The Hall–Kier alpha value is -1.83. The SMILES string of the molecule is CCn1c(SCC(=O)c2ccc(Br)cc2)nnc1C(C)Oc1ccccc1Cl. The largest absolute Gasteiger partial charge is 0.481 e. The van der Waals surface area contributed by atoms with Crippen LogP contribution in [-0.4, -0.2) is 26.3 Å². The number of halogens is 2. The minimum Gasteiger partial charge on any atom is -0.481 e. The van der Waals surface area contributed by atoms with Crippen LogP contribution in [0.2, 0.25) is 5.02 Å². The molecule has 0 amide bonds. The Morgan fingerprint density at radius 1 is 1.21 bits per heavy atom. The van der Waals surface area contributed by atoms with Crippen LogP contribution in [0.25, 0.3) is 0 Å². The molecule has 0 aliphatic heterocycles. The van der Waals surface area contributed by atoms with Gasteiger partial charge in [-0.25, -0.2) is 0 Å². The van der Waals surface area contributed by atoms with Gasteiger partial charge in [-0.05, 0) is 38.1 Å². The van der Waals surface area contributed by atoms with Gasteiger partial charge in [-0.3, -0.25) is 4.79 Å². The molecule has 146 valence electrons. The van der Waals surface area contributed by atoms with Gasteiger partial charge in [0.25, 0.3) is 0 Å². The summed E-state index contributed by atoms with van der Waals surface area (Å²) in [5.74, 6) is 1.63. The third-order valence-electron chi connectivity index (χ3n) is 4.06. The second-order valence-corrected chi connectivity index (χ2v) is 8.26. The first-order chi connectivity index (χ1) is 13.5. The molecule has 2 aromatic carbocycles. The first-order valence-electron chi connectivity index (χ1n) is 8.75. The van der Waals surface area contributed by atoms with Crippen molar-refractivity contribution < 1.29 is 9.53 Å². The van der Waals surface area contributed by atoms with Crippen molar-refractivity contribution >= 4 is 45.1 Å². The quantitative estimate of drug-likeness (QED) is 0.300. The van der Waals surface area contributed by atoms with E-state index in [1.807, 2.05) is 60.9 Å². The molecule has 3 rings (SSSR count). The predicted octanol–water partition coefficient (Wildman–Crippen LogP) is 5.83. The number of ketones is 1. The Morgan fingerprint density at radius 2 is 1.93 bits per heavy atom. The molecule has 1 atom stereocenters. The Balaban J connectivity index is 1.70. The molecule has 0 saturated heterocycles. The van der Waals surface area contributed by atoms with E-state index < -0.39 is 0 Å². The second kappa shape index (κ2) is 9.58. The molecular weight excluding hydrogens is 462 g/mol. The van der Waals surface area contributed by atoms with Crippen LogP contribution in [-0.2, 0) is 6.54 Å². The zero-order valence-electron chi connectivity index (χ0n) is 15.4. The summed E-state index contributed by atoms with van der Waals surface area (Å²) in [5, 5.41) is 9.78. The van der Waals surface area contributed by atoms with Crippen molar-refractivity contribution in [2.45, 2.75) is 31.7 Å². The molecular formula is C20H19BrClN3O2S. The molecule has 0 bridgehead atoms. The fraction of sp³-hybridized carbons (Fsp3) is 0.250. The van der Waals surface area contributed by atoms with Crippen LogP contribution in [0.4, 0.5) is 0 Å². The number of thioether (sulfide) groups is 1. The molecule has 1 heterocycles. The number of carbonyl (C=O) groups excluding carboxylic acids is 1. The summed E-state index contributed by atoms with van der Waals surface area (Å²) in [6.45, 7) is 4.59. The molecule has 0 spiro atoms. The van der Waals surface area contributed by atoms with Crippen LogP contribution in [0.1, 0.15) is 36.1 Å². The van der Waals surface area contributed by atoms with Gasteiger partial charge in [0.2, 0.25) is 0 Å². The Labute approximate surface area is 181 Å². The van der Waals surface area contributed by atoms with E-state index >= 15 is 0 Å². The van der Waals surface area contributed by atoms with Crippen molar-refractivity contribution in [3.63, 3.8) is 0 Å². The molecule has 0 saturated carbocycles. The van der Waals surface area contributed by atoms with Crippen LogP contribution in [0, 0.1) is 0 Å². The van der Waals surface area contributed by atoms with Crippen LogP contribution in [0.15, 0.2) is 58.2 Å². The van der Waals surface area contributed by atoms with Crippen molar-refractivity contribution in [2.24, 2.45) is 0 Å². The highest BCUT2D eigenvalue weighted by Crippen LogP contribution is 2.29. The average Bonchev–Trinajstić information content (AvgIpc) is 3.11. The number of carbonyl (C=O) groups is 1. The lowest BCUT2D eigenvalue weighted by atomic mass is 10.2. The summed E-state index contributed by atoms with van der Waals surface area (Å²) in [5.41, 5.74) is 0.675. The fourth-order valence-corrected chi connectivity index (χ4v) is 3.99.